The molecule has 0 radical (unpaired) electrons. The normalized spacial score (nSPS) is 12.3. The molecule has 20 heavy (non-hydrogen) atoms. The maximum Gasteiger partial charge on any atom is 0.335 e. The smallest absolute Gasteiger partial charge is 0.335 e. The molecule has 0 aliphatic carbocycles. The fraction of sp³-hybridized carbons (Fsp3) is 0.222. The lowest BCUT2D eigenvalue weighted by molar-refractivity contribution is 0.0696. The van der Waals surface area contributed by atoms with Crippen LogP contribution >= 0.6 is 0 Å². The Kier molecular flexibility index (Phi) is 4.81. The minimum atomic E-state index is -4.38. The van der Waals surface area contributed by atoms with Crippen LogP contribution in [0.3, 0.4) is 0 Å². The Hall–Kier alpha value is -1.56. The highest BCUT2D eigenvalue weighted by Gasteiger charge is 2.21. The number of hydrogen-bond donors (Lipinski definition) is 3. The zero-order chi connectivity index (χ0) is 15.6. The van der Waals surface area contributed by atoms with Gasteiger partial charge in [0, 0.05) is 6.54 Å². The van der Waals surface area contributed by atoms with Gasteiger partial charge in [-0.15, -0.1) is 0 Å². The van der Waals surface area contributed by atoms with Gasteiger partial charge < -0.3 is 5.11 Å². The summed E-state index contributed by atoms with van der Waals surface area (Å²) < 4.78 is 60.0. The van der Waals surface area contributed by atoms with Crippen molar-refractivity contribution in [1.82, 2.24) is 4.72 Å². The summed E-state index contributed by atoms with van der Waals surface area (Å²) >= 11 is 0. The molecule has 0 atom stereocenters. The number of primary sulfonamides is 1. The summed E-state index contributed by atoms with van der Waals surface area (Å²) in [4.78, 5) is 9.82. The van der Waals surface area contributed by atoms with E-state index >= 15 is 0 Å². The largest absolute Gasteiger partial charge is 0.478 e. The van der Waals surface area contributed by atoms with E-state index in [1.807, 2.05) is 4.72 Å². The Balaban J connectivity index is 3.03. The second kappa shape index (κ2) is 5.83. The number of carboxylic acid groups (broad SMARTS) is 1. The first-order chi connectivity index (χ1) is 9.03. The SMILES string of the molecule is NS(=O)(=O)CCNS(=O)(=O)c1cc(C(=O)O)ccc1F. The van der Waals surface area contributed by atoms with Crippen molar-refractivity contribution in [2.24, 2.45) is 5.14 Å². The predicted octanol–water partition coefficient (Wildman–Crippen LogP) is -0.909. The average molecular weight is 326 g/mol. The Labute approximate surface area is 114 Å². The van der Waals surface area contributed by atoms with Crippen molar-refractivity contribution >= 4 is 26.0 Å². The number of sulfonamides is 2. The van der Waals surface area contributed by atoms with E-state index in [0.29, 0.717) is 12.1 Å². The molecule has 0 aliphatic rings. The van der Waals surface area contributed by atoms with Gasteiger partial charge in [0.05, 0.1) is 11.3 Å². The van der Waals surface area contributed by atoms with E-state index in [1.165, 1.54) is 0 Å². The molecule has 0 aliphatic heterocycles. The van der Waals surface area contributed by atoms with Gasteiger partial charge in [0.25, 0.3) is 0 Å². The molecule has 0 amide bonds. The van der Waals surface area contributed by atoms with Crippen molar-refractivity contribution in [1.29, 1.82) is 0 Å². The minimum absolute atomic E-state index is 0.418. The molecule has 0 saturated carbocycles. The number of rotatable bonds is 6. The summed E-state index contributed by atoms with van der Waals surface area (Å²) in [5, 5.41) is 13.4. The van der Waals surface area contributed by atoms with Crippen LogP contribution in [0, 0.1) is 5.82 Å². The maximum absolute atomic E-state index is 13.4. The summed E-state index contributed by atoms with van der Waals surface area (Å²) in [7, 11) is -8.25. The zero-order valence-electron chi connectivity index (χ0n) is 9.91. The van der Waals surface area contributed by atoms with Crippen LogP contribution in [0.4, 0.5) is 4.39 Å². The van der Waals surface area contributed by atoms with Crippen LogP contribution in [0.15, 0.2) is 23.1 Å². The highest BCUT2D eigenvalue weighted by Crippen LogP contribution is 2.16. The first kappa shape index (κ1) is 16.5. The molecular weight excluding hydrogens is 315 g/mol. The number of nitrogens with one attached hydrogen (secondary N) is 1. The molecule has 112 valence electrons. The van der Waals surface area contributed by atoms with E-state index in [4.69, 9.17) is 5.11 Å². The molecule has 0 heterocycles. The van der Waals surface area contributed by atoms with Crippen molar-refractivity contribution in [3.63, 3.8) is 0 Å². The summed E-state index contributed by atoms with van der Waals surface area (Å²) in [5.41, 5.74) is -0.418. The minimum Gasteiger partial charge on any atom is -0.478 e. The fourth-order valence-electron chi connectivity index (χ4n) is 1.24. The third kappa shape index (κ3) is 4.52. The van der Waals surface area contributed by atoms with Gasteiger partial charge in [-0.05, 0) is 18.2 Å². The van der Waals surface area contributed by atoms with Crippen LogP contribution in [0.25, 0.3) is 0 Å². The second-order valence-electron chi connectivity index (χ2n) is 3.72. The highest BCUT2D eigenvalue weighted by molar-refractivity contribution is 7.90. The van der Waals surface area contributed by atoms with Crippen molar-refractivity contribution in [3.8, 4) is 0 Å². The third-order valence-electron chi connectivity index (χ3n) is 2.15. The van der Waals surface area contributed by atoms with Crippen LogP contribution in [0.2, 0.25) is 0 Å². The molecular formula is C9H11FN2O6S2. The van der Waals surface area contributed by atoms with Gasteiger partial charge in [-0.1, -0.05) is 0 Å². The van der Waals surface area contributed by atoms with E-state index < -0.39 is 54.6 Å². The van der Waals surface area contributed by atoms with Gasteiger partial charge in [0.2, 0.25) is 20.0 Å². The molecule has 0 fully saturated rings. The summed E-state index contributed by atoms with van der Waals surface area (Å²) in [6, 6.07) is 2.23. The second-order valence-corrected chi connectivity index (χ2v) is 7.18. The fourth-order valence-corrected chi connectivity index (χ4v) is 2.89. The van der Waals surface area contributed by atoms with Crippen molar-refractivity contribution < 1.29 is 31.1 Å². The van der Waals surface area contributed by atoms with Gasteiger partial charge >= 0.3 is 5.97 Å². The number of carboxylic acids is 1. The number of benzene rings is 1. The Morgan fingerprint density at radius 3 is 2.40 bits per heavy atom. The number of hydrogen-bond acceptors (Lipinski definition) is 5. The van der Waals surface area contributed by atoms with Crippen LogP contribution in [-0.2, 0) is 20.0 Å². The highest BCUT2D eigenvalue weighted by atomic mass is 32.2. The lowest BCUT2D eigenvalue weighted by atomic mass is 10.2. The van der Waals surface area contributed by atoms with Crippen LogP contribution < -0.4 is 9.86 Å². The van der Waals surface area contributed by atoms with Gasteiger partial charge in [-0.25, -0.2) is 35.9 Å². The Morgan fingerprint density at radius 1 is 1.30 bits per heavy atom. The lowest BCUT2D eigenvalue weighted by Crippen LogP contribution is -2.32. The first-order valence-corrected chi connectivity index (χ1v) is 8.26. The van der Waals surface area contributed by atoms with E-state index in [0.717, 1.165) is 6.07 Å². The number of aromatic carboxylic acids is 1. The Morgan fingerprint density at radius 2 is 1.90 bits per heavy atom. The van der Waals surface area contributed by atoms with Crippen LogP contribution in [0.1, 0.15) is 10.4 Å². The average Bonchev–Trinajstić information content (AvgIpc) is 2.26. The molecule has 1 aromatic rings. The van der Waals surface area contributed by atoms with Gasteiger partial charge in [-0.3, -0.25) is 0 Å². The van der Waals surface area contributed by atoms with E-state index in [-0.39, 0.29) is 0 Å². The van der Waals surface area contributed by atoms with E-state index in [9.17, 15) is 26.0 Å². The van der Waals surface area contributed by atoms with E-state index in [2.05, 4.69) is 5.14 Å². The first-order valence-electron chi connectivity index (χ1n) is 5.06. The standard InChI is InChI=1S/C9H11FN2O6S2/c10-7-2-1-6(9(13)14)5-8(7)20(17,18)12-3-4-19(11,15)16/h1-2,5,12H,3-4H2,(H,13,14)(H2,11,15,16). The van der Waals surface area contributed by atoms with Gasteiger partial charge in [0.15, 0.2) is 0 Å². The molecule has 11 heteroatoms. The molecule has 1 rings (SSSR count). The summed E-state index contributed by atoms with van der Waals surface area (Å²) in [5.74, 6) is -3.25. The van der Waals surface area contributed by atoms with Crippen molar-refractivity contribution in [2.75, 3.05) is 12.3 Å². The van der Waals surface area contributed by atoms with Gasteiger partial charge in [-0.2, -0.15) is 0 Å². The number of halogens is 1. The van der Waals surface area contributed by atoms with Crippen molar-refractivity contribution in [2.45, 2.75) is 4.90 Å². The molecule has 8 nitrogen and oxygen atoms in total. The quantitative estimate of drug-likeness (QED) is 0.617. The molecule has 1 aromatic carbocycles. The summed E-state index contributed by atoms with van der Waals surface area (Å²) in [6.07, 6.45) is 0. The lowest BCUT2D eigenvalue weighted by Gasteiger charge is -2.07. The molecule has 0 spiro atoms. The molecule has 0 bridgehead atoms. The predicted molar refractivity (Wildman–Crippen MR) is 66.5 cm³/mol. The third-order valence-corrected chi connectivity index (χ3v) is 4.40. The van der Waals surface area contributed by atoms with Gasteiger partial charge in [0.1, 0.15) is 10.7 Å². The molecule has 4 N–H and O–H groups in total. The van der Waals surface area contributed by atoms with Crippen molar-refractivity contribution in [3.05, 3.63) is 29.6 Å². The summed E-state index contributed by atoms with van der Waals surface area (Å²) in [6.45, 7) is -0.558. The molecule has 0 aromatic heterocycles. The number of nitrogens with two attached hydrogens (primary N) is 1. The Bertz CT molecular complexity index is 729. The van der Waals surface area contributed by atoms with Crippen LogP contribution in [-0.4, -0.2) is 40.2 Å². The van der Waals surface area contributed by atoms with E-state index in [1.54, 1.807) is 0 Å². The van der Waals surface area contributed by atoms with Crippen LogP contribution in [0.5, 0.6) is 0 Å². The molecule has 0 unspecified atom stereocenters. The number of carbonyl (C=O) groups is 1. The monoisotopic (exact) mass is 326 g/mol. The maximum atomic E-state index is 13.4. The topological polar surface area (TPSA) is 144 Å². The molecule has 0 saturated heterocycles. The zero-order valence-corrected chi connectivity index (χ0v) is 11.5.